The molecule has 0 unspecified atom stereocenters. The van der Waals surface area contributed by atoms with Gasteiger partial charge < -0.3 is 5.32 Å². The van der Waals surface area contributed by atoms with Crippen LogP contribution in [0.2, 0.25) is 5.02 Å². The second kappa shape index (κ2) is 6.21. The van der Waals surface area contributed by atoms with E-state index < -0.39 is 0 Å². The van der Waals surface area contributed by atoms with Crippen LogP contribution in [0.4, 0.5) is 0 Å². The number of hydrogen-bond donors (Lipinski definition) is 1. The average molecular weight is 300 g/mol. The molecule has 110 valence electrons. The van der Waals surface area contributed by atoms with Crippen LogP contribution in [0, 0.1) is 6.92 Å². The summed E-state index contributed by atoms with van der Waals surface area (Å²) < 4.78 is 0. The molecule has 1 atom stereocenters. The Morgan fingerprint density at radius 1 is 1.05 bits per heavy atom. The van der Waals surface area contributed by atoms with Gasteiger partial charge in [0.1, 0.15) is 0 Å². The molecule has 1 aliphatic rings. The first-order chi connectivity index (χ1) is 10.1. The highest BCUT2D eigenvalue weighted by Gasteiger charge is 2.31. The Morgan fingerprint density at radius 3 is 2.38 bits per heavy atom. The van der Waals surface area contributed by atoms with Crippen LogP contribution >= 0.6 is 11.6 Å². The van der Waals surface area contributed by atoms with Gasteiger partial charge in [-0.2, -0.15) is 0 Å². The third-order valence-electron chi connectivity index (χ3n) is 4.62. The van der Waals surface area contributed by atoms with Crippen molar-refractivity contribution >= 4 is 11.6 Å². The molecule has 1 nitrogen and oxygen atoms in total. The molecule has 0 heterocycles. The molecule has 0 saturated heterocycles. The maximum absolute atomic E-state index is 5.95. The molecule has 1 N–H and O–H groups in total. The molecular formula is C19H22ClN. The zero-order chi connectivity index (χ0) is 14.8. The standard InChI is InChI=1S/C19H22ClN/c1-13-5-3-4-6-19(13)14(2)21-18-11-16(12-18)15-7-9-17(20)10-8-15/h3-10,14,16,18,21H,11-12H2,1-2H3/t14-,16?,18?/m1/s1. The summed E-state index contributed by atoms with van der Waals surface area (Å²) in [5.41, 5.74) is 4.19. The number of rotatable bonds is 4. The topological polar surface area (TPSA) is 12.0 Å². The van der Waals surface area contributed by atoms with Crippen LogP contribution in [0.3, 0.4) is 0 Å². The van der Waals surface area contributed by atoms with Crippen molar-refractivity contribution in [3.63, 3.8) is 0 Å². The minimum Gasteiger partial charge on any atom is -0.307 e. The maximum Gasteiger partial charge on any atom is 0.0406 e. The fourth-order valence-corrected chi connectivity index (χ4v) is 3.40. The number of benzene rings is 2. The van der Waals surface area contributed by atoms with Crippen LogP contribution < -0.4 is 5.32 Å². The molecule has 0 amide bonds. The van der Waals surface area contributed by atoms with Crippen LogP contribution in [0.15, 0.2) is 48.5 Å². The molecular weight excluding hydrogens is 278 g/mol. The van der Waals surface area contributed by atoms with Gasteiger partial charge in [-0.15, -0.1) is 0 Å². The lowest BCUT2D eigenvalue weighted by molar-refractivity contribution is 0.270. The summed E-state index contributed by atoms with van der Waals surface area (Å²) in [6.07, 6.45) is 2.44. The van der Waals surface area contributed by atoms with Crippen molar-refractivity contribution in [3.8, 4) is 0 Å². The fraction of sp³-hybridized carbons (Fsp3) is 0.368. The molecule has 0 spiro atoms. The van der Waals surface area contributed by atoms with Crippen molar-refractivity contribution in [1.82, 2.24) is 5.32 Å². The molecule has 1 fully saturated rings. The molecule has 1 aliphatic carbocycles. The first-order valence-electron chi connectivity index (χ1n) is 7.70. The van der Waals surface area contributed by atoms with Crippen molar-refractivity contribution < 1.29 is 0 Å². The van der Waals surface area contributed by atoms with Crippen LogP contribution in [-0.4, -0.2) is 6.04 Å². The minimum absolute atomic E-state index is 0.419. The van der Waals surface area contributed by atoms with Crippen molar-refractivity contribution in [3.05, 3.63) is 70.2 Å². The van der Waals surface area contributed by atoms with Gasteiger partial charge in [0.15, 0.2) is 0 Å². The number of hydrogen-bond acceptors (Lipinski definition) is 1. The Hall–Kier alpha value is -1.31. The third-order valence-corrected chi connectivity index (χ3v) is 4.87. The van der Waals surface area contributed by atoms with Gasteiger partial charge in [0.05, 0.1) is 0 Å². The van der Waals surface area contributed by atoms with Crippen LogP contribution in [0.25, 0.3) is 0 Å². The molecule has 0 radical (unpaired) electrons. The highest BCUT2D eigenvalue weighted by atomic mass is 35.5. The van der Waals surface area contributed by atoms with Gasteiger partial charge in [0, 0.05) is 17.1 Å². The molecule has 0 bridgehead atoms. The zero-order valence-corrected chi connectivity index (χ0v) is 13.4. The Labute approximate surface area is 132 Å². The summed E-state index contributed by atoms with van der Waals surface area (Å²) in [5.74, 6) is 0.684. The first-order valence-corrected chi connectivity index (χ1v) is 8.08. The van der Waals surface area contributed by atoms with Crippen molar-refractivity contribution in [2.75, 3.05) is 0 Å². The number of aryl methyl sites for hydroxylation is 1. The summed E-state index contributed by atoms with van der Waals surface area (Å²) >= 11 is 5.95. The molecule has 2 heteroatoms. The van der Waals surface area contributed by atoms with Gasteiger partial charge in [-0.05, 0) is 61.4 Å². The Morgan fingerprint density at radius 2 is 1.71 bits per heavy atom. The molecule has 0 aromatic heterocycles. The second-order valence-electron chi connectivity index (χ2n) is 6.16. The lowest BCUT2D eigenvalue weighted by Crippen LogP contribution is -2.41. The molecule has 21 heavy (non-hydrogen) atoms. The van der Waals surface area contributed by atoms with Gasteiger partial charge in [-0.25, -0.2) is 0 Å². The molecule has 2 aromatic rings. The van der Waals surface area contributed by atoms with Crippen LogP contribution in [-0.2, 0) is 0 Å². The van der Waals surface area contributed by atoms with E-state index in [9.17, 15) is 0 Å². The average Bonchev–Trinajstić information content (AvgIpc) is 2.44. The number of halogens is 1. The predicted octanol–water partition coefficient (Wildman–Crippen LogP) is 5.25. The quantitative estimate of drug-likeness (QED) is 0.813. The molecule has 2 aromatic carbocycles. The predicted molar refractivity (Wildman–Crippen MR) is 89.9 cm³/mol. The number of nitrogens with one attached hydrogen (secondary N) is 1. The highest BCUT2D eigenvalue weighted by Crippen LogP contribution is 2.38. The van der Waals surface area contributed by atoms with E-state index in [1.165, 1.54) is 29.5 Å². The van der Waals surface area contributed by atoms with Gasteiger partial charge in [0.25, 0.3) is 0 Å². The van der Waals surface area contributed by atoms with E-state index >= 15 is 0 Å². The van der Waals surface area contributed by atoms with E-state index in [4.69, 9.17) is 11.6 Å². The summed E-state index contributed by atoms with van der Waals surface area (Å²) in [6.45, 7) is 4.45. The fourth-order valence-electron chi connectivity index (χ4n) is 3.28. The van der Waals surface area contributed by atoms with Crippen molar-refractivity contribution in [2.24, 2.45) is 0 Å². The van der Waals surface area contributed by atoms with E-state index in [-0.39, 0.29) is 0 Å². The highest BCUT2D eigenvalue weighted by molar-refractivity contribution is 6.30. The molecule has 3 rings (SSSR count). The summed E-state index contributed by atoms with van der Waals surface area (Å²) in [6, 6.07) is 18.0. The smallest absolute Gasteiger partial charge is 0.0406 e. The van der Waals surface area contributed by atoms with Gasteiger partial charge in [0.2, 0.25) is 0 Å². The van der Waals surface area contributed by atoms with Gasteiger partial charge in [-0.3, -0.25) is 0 Å². The SMILES string of the molecule is Cc1ccccc1[C@@H](C)NC1CC(c2ccc(Cl)cc2)C1. The van der Waals surface area contributed by atoms with E-state index in [0.29, 0.717) is 18.0 Å². The third kappa shape index (κ3) is 3.30. The monoisotopic (exact) mass is 299 g/mol. The van der Waals surface area contributed by atoms with E-state index in [1.54, 1.807) is 0 Å². The molecule has 0 aliphatic heterocycles. The van der Waals surface area contributed by atoms with Crippen LogP contribution in [0.5, 0.6) is 0 Å². The van der Waals surface area contributed by atoms with E-state index in [2.05, 4.69) is 55.6 Å². The summed E-state index contributed by atoms with van der Waals surface area (Å²) in [5, 5.41) is 4.58. The Bertz CT molecular complexity index is 599. The largest absolute Gasteiger partial charge is 0.307 e. The Kier molecular flexibility index (Phi) is 4.32. The second-order valence-corrected chi connectivity index (χ2v) is 6.60. The Balaban J connectivity index is 1.55. The van der Waals surface area contributed by atoms with Crippen molar-refractivity contribution in [2.45, 2.75) is 44.7 Å². The molecule has 1 saturated carbocycles. The van der Waals surface area contributed by atoms with Gasteiger partial charge >= 0.3 is 0 Å². The van der Waals surface area contributed by atoms with Gasteiger partial charge in [-0.1, -0.05) is 48.0 Å². The maximum atomic E-state index is 5.95. The minimum atomic E-state index is 0.419. The first kappa shape index (κ1) is 14.6. The zero-order valence-electron chi connectivity index (χ0n) is 12.6. The van der Waals surface area contributed by atoms with Crippen LogP contribution in [0.1, 0.15) is 48.4 Å². The normalized spacial score (nSPS) is 22.6. The van der Waals surface area contributed by atoms with E-state index in [0.717, 1.165) is 5.02 Å². The summed E-state index contributed by atoms with van der Waals surface area (Å²) in [7, 11) is 0. The lowest BCUT2D eigenvalue weighted by atomic mass is 9.75. The summed E-state index contributed by atoms with van der Waals surface area (Å²) in [4.78, 5) is 0. The van der Waals surface area contributed by atoms with Crippen molar-refractivity contribution in [1.29, 1.82) is 0 Å². The lowest BCUT2D eigenvalue weighted by Gasteiger charge is -2.38. The van der Waals surface area contributed by atoms with E-state index in [1.807, 2.05) is 12.1 Å².